The van der Waals surface area contributed by atoms with Crippen LogP contribution >= 0.6 is 0 Å². The predicted octanol–water partition coefficient (Wildman–Crippen LogP) is 3.58. The number of fused-ring (bicyclic) bond motifs is 1. The first-order valence-corrected chi connectivity index (χ1v) is 10.7. The lowest BCUT2D eigenvalue weighted by molar-refractivity contribution is 0.0793. The van der Waals surface area contributed by atoms with Crippen molar-refractivity contribution >= 4 is 32.5 Å². The molecule has 1 aliphatic heterocycles. The van der Waals surface area contributed by atoms with Crippen LogP contribution in [0.5, 0.6) is 0 Å². The summed E-state index contributed by atoms with van der Waals surface area (Å²) in [4.78, 5) is 18.7. The SMILES string of the molecule is Cc1cnc2c(S(=O)(=O)Nc3ccc(C(=O)N4CCCC4)cc3)cccc2c1. The van der Waals surface area contributed by atoms with Crippen molar-refractivity contribution in [2.45, 2.75) is 24.7 Å². The number of anilines is 1. The highest BCUT2D eigenvalue weighted by atomic mass is 32.2. The third-order valence-electron chi connectivity index (χ3n) is 4.88. The summed E-state index contributed by atoms with van der Waals surface area (Å²) >= 11 is 0. The second-order valence-corrected chi connectivity index (χ2v) is 8.67. The standard InChI is InChI=1S/C21H21N3O3S/c1-15-13-17-5-4-6-19(20(17)22-14-15)28(26,27)23-18-9-7-16(8-10-18)21(25)24-11-2-3-12-24/h4-10,13-14,23H,2-3,11-12H2,1H3. The summed E-state index contributed by atoms with van der Waals surface area (Å²) in [5.74, 6) is -0.0134. The normalized spacial score (nSPS) is 14.4. The minimum atomic E-state index is -3.81. The van der Waals surface area contributed by atoms with Crippen molar-refractivity contribution in [3.05, 3.63) is 65.9 Å². The number of nitrogens with one attached hydrogen (secondary N) is 1. The van der Waals surface area contributed by atoms with Gasteiger partial charge in [0.15, 0.2) is 0 Å². The molecule has 1 aliphatic rings. The molecule has 3 aromatic rings. The van der Waals surface area contributed by atoms with Crippen LogP contribution in [-0.4, -0.2) is 37.3 Å². The van der Waals surface area contributed by atoms with E-state index in [9.17, 15) is 13.2 Å². The largest absolute Gasteiger partial charge is 0.339 e. The third kappa shape index (κ3) is 3.57. The molecule has 1 N–H and O–H groups in total. The number of likely N-dealkylation sites (tertiary alicyclic amines) is 1. The third-order valence-corrected chi connectivity index (χ3v) is 6.29. The Bertz CT molecular complexity index is 1140. The van der Waals surface area contributed by atoms with Gasteiger partial charge in [-0.3, -0.25) is 14.5 Å². The van der Waals surface area contributed by atoms with Crippen LogP contribution in [0, 0.1) is 6.92 Å². The second kappa shape index (κ2) is 7.24. The number of benzene rings is 2. The number of hydrogen-bond donors (Lipinski definition) is 1. The van der Waals surface area contributed by atoms with Crippen LogP contribution in [0.4, 0.5) is 5.69 Å². The molecule has 4 rings (SSSR count). The van der Waals surface area contributed by atoms with Crippen LogP contribution in [0.25, 0.3) is 10.9 Å². The van der Waals surface area contributed by atoms with Gasteiger partial charge in [0.2, 0.25) is 0 Å². The van der Waals surface area contributed by atoms with E-state index in [0.717, 1.165) is 36.9 Å². The summed E-state index contributed by atoms with van der Waals surface area (Å²) < 4.78 is 28.4. The molecular formula is C21H21N3O3S. The van der Waals surface area contributed by atoms with Gasteiger partial charge >= 0.3 is 0 Å². The molecule has 1 aromatic heterocycles. The molecule has 0 spiro atoms. The first-order chi connectivity index (χ1) is 13.4. The minimum Gasteiger partial charge on any atom is -0.339 e. The number of amides is 1. The Morgan fingerprint density at radius 3 is 2.50 bits per heavy atom. The van der Waals surface area contributed by atoms with Crippen molar-refractivity contribution in [2.24, 2.45) is 0 Å². The Morgan fingerprint density at radius 1 is 1.07 bits per heavy atom. The molecule has 2 heterocycles. The first-order valence-electron chi connectivity index (χ1n) is 9.21. The van der Waals surface area contributed by atoms with Crippen molar-refractivity contribution in [3.63, 3.8) is 0 Å². The highest BCUT2D eigenvalue weighted by molar-refractivity contribution is 7.93. The number of aryl methyl sites for hydroxylation is 1. The summed E-state index contributed by atoms with van der Waals surface area (Å²) in [7, 11) is -3.81. The molecule has 0 saturated carbocycles. The van der Waals surface area contributed by atoms with E-state index in [1.54, 1.807) is 36.5 Å². The van der Waals surface area contributed by atoms with Crippen molar-refractivity contribution in [2.75, 3.05) is 17.8 Å². The summed E-state index contributed by atoms with van der Waals surface area (Å²) in [6.45, 7) is 3.47. The summed E-state index contributed by atoms with van der Waals surface area (Å²) in [6.07, 6.45) is 3.71. The Balaban J connectivity index is 1.59. The number of aromatic nitrogens is 1. The minimum absolute atomic E-state index is 0.0134. The molecule has 0 bridgehead atoms. The maximum absolute atomic E-state index is 12.9. The second-order valence-electron chi connectivity index (χ2n) is 7.02. The molecule has 7 heteroatoms. The monoisotopic (exact) mass is 395 g/mol. The van der Waals surface area contributed by atoms with Crippen LogP contribution in [0.15, 0.2) is 59.6 Å². The lowest BCUT2D eigenvalue weighted by Crippen LogP contribution is -2.27. The highest BCUT2D eigenvalue weighted by Crippen LogP contribution is 2.24. The fourth-order valence-electron chi connectivity index (χ4n) is 3.45. The van der Waals surface area contributed by atoms with Crippen molar-refractivity contribution in [1.82, 2.24) is 9.88 Å². The van der Waals surface area contributed by atoms with E-state index in [0.29, 0.717) is 16.8 Å². The van der Waals surface area contributed by atoms with Crippen LogP contribution < -0.4 is 4.72 Å². The lowest BCUT2D eigenvalue weighted by Gasteiger charge is -2.15. The Kier molecular flexibility index (Phi) is 4.77. The molecular weight excluding hydrogens is 374 g/mol. The van der Waals surface area contributed by atoms with E-state index in [2.05, 4.69) is 9.71 Å². The zero-order valence-electron chi connectivity index (χ0n) is 15.6. The number of sulfonamides is 1. The summed E-state index contributed by atoms with van der Waals surface area (Å²) in [5, 5.41) is 0.773. The van der Waals surface area contributed by atoms with Crippen LogP contribution in [0.1, 0.15) is 28.8 Å². The average Bonchev–Trinajstić information content (AvgIpc) is 3.22. The van der Waals surface area contributed by atoms with E-state index in [4.69, 9.17) is 0 Å². The van der Waals surface area contributed by atoms with Crippen LogP contribution in [0.2, 0.25) is 0 Å². The number of carbonyl (C=O) groups is 1. The zero-order chi connectivity index (χ0) is 19.7. The highest BCUT2D eigenvalue weighted by Gasteiger charge is 2.21. The summed E-state index contributed by atoms with van der Waals surface area (Å²) in [6, 6.07) is 13.5. The fraction of sp³-hybridized carbons (Fsp3) is 0.238. The number of nitrogens with zero attached hydrogens (tertiary/aromatic N) is 2. The van der Waals surface area contributed by atoms with Gasteiger partial charge < -0.3 is 4.90 Å². The van der Waals surface area contributed by atoms with Crippen molar-refractivity contribution < 1.29 is 13.2 Å². The van der Waals surface area contributed by atoms with Gasteiger partial charge in [0.25, 0.3) is 15.9 Å². The van der Waals surface area contributed by atoms with Crippen molar-refractivity contribution in [1.29, 1.82) is 0 Å². The Labute approximate surface area is 164 Å². The van der Waals surface area contributed by atoms with Gasteiger partial charge in [0.05, 0.1) is 5.52 Å². The Hall–Kier alpha value is -2.93. The summed E-state index contributed by atoms with van der Waals surface area (Å²) in [5.41, 5.74) is 2.36. The molecule has 6 nitrogen and oxygen atoms in total. The molecule has 0 aliphatic carbocycles. The lowest BCUT2D eigenvalue weighted by atomic mass is 10.2. The molecule has 0 unspecified atom stereocenters. The van der Waals surface area contributed by atoms with Gasteiger partial charge in [-0.15, -0.1) is 0 Å². The number of rotatable bonds is 4. The van der Waals surface area contributed by atoms with Crippen LogP contribution in [0.3, 0.4) is 0 Å². The zero-order valence-corrected chi connectivity index (χ0v) is 16.4. The molecule has 0 atom stereocenters. The smallest absolute Gasteiger partial charge is 0.264 e. The van der Waals surface area contributed by atoms with Gasteiger partial charge in [-0.25, -0.2) is 8.42 Å². The average molecular weight is 395 g/mol. The van der Waals surface area contributed by atoms with E-state index >= 15 is 0 Å². The fourth-order valence-corrected chi connectivity index (χ4v) is 4.69. The number of para-hydroxylation sites is 1. The quantitative estimate of drug-likeness (QED) is 0.732. The molecule has 2 aromatic carbocycles. The van der Waals surface area contributed by atoms with E-state index < -0.39 is 10.0 Å². The Morgan fingerprint density at radius 2 is 1.79 bits per heavy atom. The van der Waals surface area contributed by atoms with Gasteiger partial charge in [-0.2, -0.15) is 0 Å². The van der Waals surface area contributed by atoms with E-state index in [1.807, 2.05) is 24.0 Å². The number of hydrogen-bond acceptors (Lipinski definition) is 4. The molecule has 0 radical (unpaired) electrons. The van der Waals surface area contributed by atoms with Gasteiger partial charge in [0.1, 0.15) is 4.90 Å². The molecule has 1 amide bonds. The maximum Gasteiger partial charge on any atom is 0.264 e. The topological polar surface area (TPSA) is 79.4 Å². The van der Waals surface area contributed by atoms with E-state index in [1.165, 1.54) is 6.07 Å². The number of pyridine rings is 1. The van der Waals surface area contributed by atoms with E-state index in [-0.39, 0.29) is 10.8 Å². The van der Waals surface area contributed by atoms with Gasteiger partial charge in [-0.05, 0) is 61.7 Å². The molecule has 28 heavy (non-hydrogen) atoms. The predicted molar refractivity (Wildman–Crippen MR) is 109 cm³/mol. The maximum atomic E-state index is 12.9. The van der Waals surface area contributed by atoms with Gasteiger partial charge in [0, 0.05) is 35.9 Å². The first kappa shape index (κ1) is 18.4. The molecule has 1 fully saturated rings. The molecule has 1 saturated heterocycles. The van der Waals surface area contributed by atoms with Crippen molar-refractivity contribution in [3.8, 4) is 0 Å². The number of carbonyl (C=O) groups excluding carboxylic acids is 1. The van der Waals surface area contributed by atoms with Crippen LogP contribution in [-0.2, 0) is 10.0 Å². The molecule has 144 valence electrons. The van der Waals surface area contributed by atoms with Gasteiger partial charge in [-0.1, -0.05) is 12.1 Å².